The van der Waals surface area contributed by atoms with Gasteiger partial charge in [-0.2, -0.15) is 0 Å². The Morgan fingerprint density at radius 3 is 2.69 bits per heavy atom. The maximum absolute atomic E-state index is 7.48. The summed E-state index contributed by atoms with van der Waals surface area (Å²) in [5, 5.41) is 7.48. The van der Waals surface area contributed by atoms with E-state index < -0.39 is 0 Å². The predicted octanol–water partition coefficient (Wildman–Crippen LogP) is 1.34. The Bertz CT molecular complexity index is 366. The summed E-state index contributed by atoms with van der Waals surface area (Å²) < 4.78 is 5.86. The number of benzene rings is 1. The van der Waals surface area contributed by atoms with Crippen LogP contribution in [0.25, 0.3) is 0 Å². The van der Waals surface area contributed by atoms with Crippen molar-refractivity contribution in [1.29, 1.82) is 5.41 Å². The molecule has 0 aromatic heterocycles. The Labute approximate surface area is 95.5 Å². The second-order valence-corrected chi connectivity index (χ2v) is 4.14. The van der Waals surface area contributed by atoms with Gasteiger partial charge < -0.3 is 15.4 Å². The Hall–Kier alpha value is -1.55. The number of hydrogen-bond donors (Lipinski definition) is 2. The SMILES string of the molecule is CC1CN(C(=N)N)CC(c2ccccc2)O1. The number of guanidine groups is 1. The van der Waals surface area contributed by atoms with Gasteiger partial charge >= 0.3 is 0 Å². The van der Waals surface area contributed by atoms with Crippen LogP contribution in [0.15, 0.2) is 30.3 Å². The summed E-state index contributed by atoms with van der Waals surface area (Å²) in [4.78, 5) is 1.85. The average molecular weight is 219 g/mol. The minimum Gasteiger partial charge on any atom is -0.370 e. The summed E-state index contributed by atoms with van der Waals surface area (Å²) in [6.07, 6.45) is 0.108. The molecule has 0 spiro atoms. The summed E-state index contributed by atoms with van der Waals surface area (Å²) in [5.41, 5.74) is 6.66. The number of hydrogen-bond acceptors (Lipinski definition) is 2. The van der Waals surface area contributed by atoms with Crippen molar-refractivity contribution in [3.8, 4) is 0 Å². The van der Waals surface area contributed by atoms with Crippen LogP contribution in [0.5, 0.6) is 0 Å². The van der Waals surface area contributed by atoms with Crippen LogP contribution in [0.2, 0.25) is 0 Å². The van der Waals surface area contributed by atoms with Gasteiger partial charge in [-0.25, -0.2) is 0 Å². The molecule has 3 N–H and O–H groups in total. The van der Waals surface area contributed by atoms with E-state index in [1.165, 1.54) is 0 Å². The molecule has 2 unspecified atom stereocenters. The molecule has 1 heterocycles. The zero-order chi connectivity index (χ0) is 11.5. The molecule has 1 aliphatic heterocycles. The zero-order valence-electron chi connectivity index (χ0n) is 9.39. The Morgan fingerprint density at radius 2 is 2.06 bits per heavy atom. The molecule has 0 saturated carbocycles. The first-order chi connectivity index (χ1) is 7.66. The molecule has 2 rings (SSSR count). The highest BCUT2D eigenvalue weighted by Crippen LogP contribution is 2.24. The van der Waals surface area contributed by atoms with E-state index in [-0.39, 0.29) is 18.2 Å². The number of morpholine rings is 1. The van der Waals surface area contributed by atoms with Crippen LogP contribution in [-0.4, -0.2) is 30.1 Å². The summed E-state index contributed by atoms with van der Waals surface area (Å²) in [6.45, 7) is 3.35. The van der Waals surface area contributed by atoms with Crippen molar-refractivity contribution in [2.24, 2.45) is 5.73 Å². The molecule has 0 radical (unpaired) electrons. The van der Waals surface area contributed by atoms with Crippen LogP contribution in [0.1, 0.15) is 18.6 Å². The molecular weight excluding hydrogens is 202 g/mol. The number of nitrogens with one attached hydrogen (secondary N) is 1. The van der Waals surface area contributed by atoms with Crippen LogP contribution < -0.4 is 5.73 Å². The molecule has 1 saturated heterocycles. The van der Waals surface area contributed by atoms with Gasteiger partial charge in [0.2, 0.25) is 0 Å². The largest absolute Gasteiger partial charge is 0.370 e. The summed E-state index contributed by atoms with van der Waals surface area (Å²) in [6, 6.07) is 10.1. The first kappa shape index (κ1) is 11.0. The van der Waals surface area contributed by atoms with Gasteiger partial charge in [0, 0.05) is 6.54 Å². The van der Waals surface area contributed by atoms with Crippen LogP contribution >= 0.6 is 0 Å². The lowest BCUT2D eigenvalue weighted by Gasteiger charge is -2.37. The summed E-state index contributed by atoms with van der Waals surface area (Å²) in [7, 11) is 0. The molecule has 86 valence electrons. The molecule has 1 aromatic carbocycles. The smallest absolute Gasteiger partial charge is 0.188 e. The predicted molar refractivity (Wildman–Crippen MR) is 63.2 cm³/mol. The van der Waals surface area contributed by atoms with E-state index in [0.29, 0.717) is 13.1 Å². The van der Waals surface area contributed by atoms with Gasteiger partial charge in [-0.3, -0.25) is 5.41 Å². The third kappa shape index (κ3) is 2.33. The number of nitrogens with two attached hydrogens (primary N) is 1. The van der Waals surface area contributed by atoms with Gasteiger partial charge in [0.1, 0.15) is 6.10 Å². The Morgan fingerprint density at radius 1 is 1.38 bits per heavy atom. The van der Waals surface area contributed by atoms with Crippen molar-refractivity contribution >= 4 is 5.96 Å². The molecule has 0 aliphatic carbocycles. The van der Waals surface area contributed by atoms with Gasteiger partial charge in [-0.1, -0.05) is 30.3 Å². The zero-order valence-corrected chi connectivity index (χ0v) is 9.39. The van der Waals surface area contributed by atoms with Crippen molar-refractivity contribution in [2.45, 2.75) is 19.1 Å². The lowest BCUT2D eigenvalue weighted by Crippen LogP contribution is -2.48. The van der Waals surface area contributed by atoms with E-state index in [1.807, 2.05) is 42.2 Å². The van der Waals surface area contributed by atoms with Crippen molar-refractivity contribution < 1.29 is 4.74 Å². The highest BCUT2D eigenvalue weighted by atomic mass is 16.5. The lowest BCUT2D eigenvalue weighted by atomic mass is 10.1. The number of ether oxygens (including phenoxy) is 1. The van der Waals surface area contributed by atoms with Crippen molar-refractivity contribution in [2.75, 3.05) is 13.1 Å². The van der Waals surface area contributed by atoms with Gasteiger partial charge in [-0.05, 0) is 12.5 Å². The molecule has 1 aromatic rings. The maximum Gasteiger partial charge on any atom is 0.188 e. The molecule has 1 aliphatic rings. The van der Waals surface area contributed by atoms with Crippen LogP contribution in [0.4, 0.5) is 0 Å². The van der Waals surface area contributed by atoms with E-state index in [4.69, 9.17) is 15.9 Å². The minimum atomic E-state index is 0.00819. The fourth-order valence-electron chi connectivity index (χ4n) is 2.00. The van der Waals surface area contributed by atoms with E-state index in [1.54, 1.807) is 0 Å². The molecular formula is C12H17N3O. The van der Waals surface area contributed by atoms with Gasteiger partial charge in [-0.15, -0.1) is 0 Å². The second kappa shape index (κ2) is 4.53. The Balaban J connectivity index is 2.14. The minimum absolute atomic E-state index is 0.00819. The maximum atomic E-state index is 7.48. The molecule has 0 bridgehead atoms. The lowest BCUT2D eigenvalue weighted by molar-refractivity contribution is -0.0601. The average Bonchev–Trinajstić information content (AvgIpc) is 2.29. The van der Waals surface area contributed by atoms with Crippen LogP contribution in [0, 0.1) is 5.41 Å². The van der Waals surface area contributed by atoms with Crippen LogP contribution in [-0.2, 0) is 4.74 Å². The number of rotatable bonds is 1. The summed E-state index contributed by atoms with van der Waals surface area (Å²) in [5.74, 6) is 0.121. The van der Waals surface area contributed by atoms with E-state index in [2.05, 4.69) is 0 Å². The third-order valence-electron chi connectivity index (χ3n) is 2.77. The Kier molecular flexibility index (Phi) is 3.10. The molecule has 4 heteroatoms. The van der Waals surface area contributed by atoms with E-state index >= 15 is 0 Å². The number of nitrogens with zero attached hydrogens (tertiary/aromatic N) is 1. The highest BCUT2D eigenvalue weighted by molar-refractivity contribution is 5.74. The first-order valence-corrected chi connectivity index (χ1v) is 5.46. The standard InChI is InChI=1S/C12H17N3O/c1-9-7-15(12(13)14)8-11(16-9)10-5-3-2-4-6-10/h2-6,9,11H,7-8H2,1H3,(H3,13,14). The molecule has 16 heavy (non-hydrogen) atoms. The van der Waals surface area contributed by atoms with E-state index in [0.717, 1.165) is 5.56 Å². The van der Waals surface area contributed by atoms with Crippen molar-refractivity contribution in [1.82, 2.24) is 4.90 Å². The fraction of sp³-hybridized carbons (Fsp3) is 0.417. The molecule has 2 atom stereocenters. The van der Waals surface area contributed by atoms with Gasteiger partial charge in [0.05, 0.1) is 12.6 Å². The quantitative estimate of drug-likeness (QED) is 0.553. The third-order valence-corrected chi connectivity index (χ3v) is 2.77. The topological polar surface area (TPSA) is 62.3 Å². The monoisotopic (exact) mass is 219 g/mol. The van der Waals surface area contributed by atoms with Crippen molar-refractivity contribution in [3.05, 3.63) is 35.9 Å². The second-order valence-electron chi connectivity index (χ2n) is 4.14. The van der Waals surface area contributed by atoms with Crippen molar-refractivity contribution in [3.63, 3.8) is 0 Å². The van der Waals surface area contributed by atoms with E-state index in [9.17, 15) is 0 Å². The fourth-order valence-corrected chi connectivity index (χ4v) is 2.00. The molecule has 1 fully saturated rings. The van der Waals surface area contributed by atoms with Gasteiger partial charge in [0.25, 0.3) is 0 Å². The van der Waals surface area contributed by atoms with Gasteiger partial charge in [0.15, 0.2) is 5.96 Å². The van der Waals surface area contributed by atoms with Crippen LogP contribution in [0.3, 0.4) is 0 Å². The normalized spacial score (nSPS) is 25.4. The molecule has 0 amide bonds. The highest BCUT2D eigenvalue weighted by Gasteiger charge is 2.26. The first-order valence-electron chi connectivity index (χ1n) is 5.46. The molecule has 4 nitrogen and oxygen atoms in total. The summed E-state index contributed by atoms with van der Waals surface area (Å²) >= 11 is 0.